The van der Waals surface area contributed by atoms with E-state index in [1.165, 1.54) is 25.7 Å². The summed E-state index contributed by atoms with van der Waals surface area (Å²) in [4.78, 5) is 24.7. The molecule has 0 spiro atoms. The zero-order valence-corrected chi connectivity index (χ0v) is 10.6. The molecule has 2 aliphatic rings. The number of nitrogens with zero attached hydrogens (tertiary/aromatic N) is 1. The van der Waals surface area contributed by atoms with E-state index in [9.17, 15) is 9.59 Å². The molecule has 0 aromatic heterocycles. The number of carbonyl (C=O) groups excluding carboxylic acids is 2. The Hall–Kier alpha value is -0.900. The Kier molecular flexibility index (Phi) is 4.15. The van der Waals surface area contributed by atoms with Crippen molar-refractivity contribution < 1.29 is 9.59 Å². The smallest absolute Gasteiger partial charge is 0.240 e. The summed E-state index contributed by atoms with van der Waals surface area (Å²) in [5.74, 6) is 0.583. The third kappa shape index (κ3) is 3.28. The first-order valence-corrected chi connectivity index (χ1v) is 6.75. The Labute approximate surface area is 103 Å². The van der Waals surface area contributed by atoms with Gasteiger partial charge in [-0.2, -0.15) is 0 Å². The van der Waals surface area contributed by atoms with Crippen LogP contribution in [0.25, 0.3) is 0 Å². The molecule has 0 bridgehead atoms. The topological polar surface area (TPSA) is 49.4 Å². The number of carbonyl (C=O) groups is 2. The van der Waals surface area contributed by atoms with Gasteiger partial charge in [-0.25, -0.2) is 0 Å². The van der Waals surface area contributed by atoms with Crippen molar-refractivity contribution in [1.82, 2.24) is 10.2 Å². The molecule has 2 rings (SSSR count). The lowest BCUT2D eigenvalue weighted by Crippen LogP contribution is -2.55. The van der Waals surface area contributed by atoms with Crippen molar-refractivity contribution in [1.29, 1.82) is 0 Å². The maximum absolute atomic E-state index is 11.3. The molecular formula is C13H22N2O2. The van der Waals surface area contributed by atoms with Crippen LogP contribution in [-0.2, 0) is 9.59 Å². The van der Waals surface area contributed by atoms with Gasteiger partial charge in [0, 0.05) is 6.04 Å². The number of imide groups is 1. The molecule has 0 unspecified atom stereocenters. The van der Waals surface area contributed by atoms with Gasteiger partial charge in [-0.3, -0.25) is 19.8 Å². The standard InChI is InChI=1S/C13H22N2O2/c1-2-3-10-4-6-11(7-5-10)15-8-12(16)14-13(17)9-15/h10-11H,2-9H2,1H3,(H,14,16,17). The fraction of sp³-hybridized carbons (Fsp3) is 0.846. The number of nitrogens with one attached hydrogen (secondary N) is 1. The van der Waals surface area contributed by atoms with E-state index in [2.05, 4.69) is 17.1 Å². The molecule has 4 heteroatoms. The fourth-order valence-corrected chi connectivity index (χ4v) is 3.12. The van der Waals surface area contributed by atoms with Gasteiger partial charge in [-0.05, 0) is 31.6 Å². The fourth-order valence-electron chi connectivity index (χ4n) is 3.12. The normalized spacial score (nSPS) is 31.4. The molecule has 17 heavy (non-hydrogen) atoms. The molecule has 1 saturated heterocycles. The number of amides is 2. The third-order valence-electron chi connectivity index (χ3n) is 4.00. The SMILES string of the molecule is CCCC1CCC(N2CC(=O)NC(=O)C2)CC1. The molecule has 1 heterocycles. The lowest BCUT2D eigenvalue weighted by Gasteiger charge is -2.37. The molecule has 1 saturated carbocycles. The summed E-state index contributed by atoms with van der Waals surface area (Å²) in [6, 6.07) is 0.443. The van der Waals surface area contributed by atoms with Crippen LogP contribution in [0.5, 0.6) is 0 Å². The lowest BCUT2D eigenvalue weighted by molar-refractivity contribution is -0.137. The summed E-state index contributed by atoms with van der Waals surface area (Å²) >= 11 is 0. The molecule has 0 atom stereocenters. The van der Waals surface area contributed by atoms with Crippen LogP contribution < -0.4 is 5.32 Å². The van der Waals surface area contributed by atoms with E-state index in [-0.39, 0.29) is 11.8 Å². The van der Waals surface area contributed by atoms with Crippen LogP contribution in [0.2, 0.25) is 0 Å². The van der Waals surface area contributed by atoms with Crippen molar-refractivity contribution in [3.05, 3.63) is 0 Å². The van der Waals surface area contributed by atoms with E-state index in [1.54, 1.807) is 0 Å². The molecule has 1 aliphatic heterocycles. The quantitative estimate of drug-likeness (QED) is 0.754. The second-order valence-corrected chi connectivity index (χ2v) is 5.34. The molecule has 2 amide bonds. The van der Waals surface area contributed by atoms with Crippen molar-refractivity contribution in [3.8, 4) is 0 Å². The van der Waals surface area contributed by atoms with Crippen LogP contribution >= 0.6 is 0 Å². The van der Waals surface area contributed by atoms with Crippen LogP contribution in [0.3, 0.4) is 0 Å². The van der Waals surface area contributed by atoms with Crippen LogP contribution in [0, 0.1) is 5.92 Å². The van der Waals surface area contributed by atoms with Gasteiger partial charge in [0.15, 0.2) is 0 Å². The van der Waals surface area contributed by atoms with Gasteiger partial charge in [0.1, 0.15) is 0 Å². The maximum atomic E-state index is 11.3. The van der Waals surface area contributed by atoms with Crippen molar-refractivity contribution in [2.24, 2.45) is 5.92 Å². The summed E-state index contributed by atoms with van der Waals surface area (Å²) in [6.45, 7) is 3.03. The Morgan fingerprint density at radius 2 is 1.71 bits per heavy atom. The van der Waals surface area contributed by atoms with Crippen molar-refractivity contribution in [2.75, 3.05) is 13.1 Å². The first-order valence-electron chi connectivity index (χ1n) is 6.75. The number of piperazine rings is 1. The Balaban J connectivity index is 1.83. The molecule has 1 aliphatic carbocycles. The van der Waals surface area contributed by atoms with Crippen molar-refractivity contribution in [2.45, 2.75) is 51.5 Å². The van der Waals surface area contributed by atoms with Gasteiger partial charge in [0.05, 0.1) is 13.1 Å². The van der Waals surface area contributed by atoms with Gasteiger partial charge >= 0.3 is 0 Å². The van der Waals surface area contributed by atoms with E-state index in [0.717, 1.165) is 18.8 Å². The number of rotatable bonds is 3. The second kappa shape index (κ2) is 5.63. The van der Waals surface area contributed by atoms with E-state index in [1.807, 2.05) is 0 Å². The summed E-state index contributed by atoms with van der Waals surface area (Å²) in [5, 5.41) is 2.36. The average molecular weight is 238 g/mol. The van der Waals surface area contributed by atoms with Gasteiger partial charge in [-0.1, -0.05) is 19.8 Å². The van der Waals surface area contributed by atoms with Gasteiger partial charge in [0.25, 0.3) is 0 Å². The molecule has 0 radical (unpaired) electrons. The highest BCUT2D eigenvalue weighted by Gasteiger charge is 2.31. The summed E-state index contributed by atoms with van der Waals surface area (Å²) in [6.07, 6.45) is 7.39. The van der Waals surface area contributed by atoms with Crippen LogP contribution in [-0.4, -0.2) is 35.8 Å². The van der Waals surface area contributed by atoms with Gasteiger partial charge in [0.2, 0.25) is 11.8 Å². The Morgan fingerprint density at radius 3 is 2.24 bits per heavy atom. The minimum atomic E-state index is -0.142. The molecule has 4 nitrogen and oxygen atoms in total. The Bertz CT molecular complexity index is 280. The van der Waals surface area contributed by atoms with E-state index in [4.69, 9.17) is 0 Å². The molecule has 0 aromatic carbocycles. The van der Waals surface area contributed by atoms with Gasteiger partial charge in [-0.15, -0.1) is 0 Å². The van der Waals surface area contributed by atoms with Crippen LogP contribution in [0.4, 0.5) is 0 Å². The molecule has 2 fully saturated rings. The number of hydrogen-bond acceptors (Lipinski definition) is 3. The third-order valence-corrected chi connectivity index (χ3v) is 4.00. The predicted molar refractivity (Wildman–Crippen MR) is 65.4 cm³/mol. The monoisotopic (exact) mass is 238 g/mol. The average Bonchev–Trinajstić information content (AvgIpc) is 2.29. The molecule has 1 N–H and O–H groups in total. The maximum Gasteiger partial charge on any atom is 0.240 e. The van der Waals surface area contributed by atoms with Crippen molar-refractivity contribution >= 4 is 11.8 Å². The van der Waals surface area contributed by atoms with E-state index < -0.39 is 0 Å². The van der Waals surface area contributed by atoms with E-state index in [0.29, 0.717) is 19.1 Å². The highest BCUT2D eigenvalue weighted by atomic mass is 16.2. The number of hydrogen-bond donors (Lipinski definition) is 1. The Morgan fingerprint density at radius 1 is 1.12 bits per heavy atom. The molecular weight excluding hydrogens is 216 g/mol. The van der Waals surface area contributed by atoms with Crippen molar-refractivity contribution in [3.63, 3.8) is 0 Å². The highest BCUT2D eigenvalue weighted by molar-refractivity contribution is 5.99. The van der Waals surface area contributed by atoms with Crippen LogP contribution in [0.1, 0.15) is 45.4 Å². The highest BCUT2D eigenvalue weighted by Crippen LogP contribution is 2.30. The predicted octanol–water partition coefficient (Wildman–Crippen LogP) is 1.30. The van der Waals surface area contributed by atoms with Crippen LogP contribution in [0.15, 0.2) is 0 Å². The first kappa shape index (κ1) is 12.6. The zero-order valence-electron chi connectivity index (χ0n) is 10.6. The largest absolute Gasteiger partial charge is 0.294 e. The molecule has 96 valence electrons. The minimum absolute atomic E-state index is 0.142. The molecule has 0 aromatic rings. The zero-order chi connectivity index (χ0) is 12.3. The summed E-state index contributed by atoms with van der Waals surface area (Å²) in [7, 11) is 0. The minimum Gasteiger partial charge on any atom is -0.294 e. The lowest BCUT2D eigenvalue weighted by atomic mass is 9.83. The van der Waals surface area contributed by atoms with E-state index >= 15 is 0 Å². The second-order valence-electron chi connectivity index (χ2n) is 5.34. The first-order chi connectivity index (χ1) is 8.19. The van der Waals surface area contributed by atoms with Gasteiger partial charge < -0.3 is 0 Å². The summed E-state index contributed by atoms with van der Waals surface area (Å²) in [5.41, 5.74) is 0. The summed E-state index contributed by atoms with van der Waals surface area (Å²) < 4.78 is 0.